The van der Waals surface area contributed by atoms with E-state index < -0.39 is 0 Å². The Morgan fingerprint density at radius 2 is 2.00 bits per heavy atom. The molecule has 0 saturated carbocycles. The summed E-state index contributed by atoms with van der Waals surface area (Å²) in [5, 5.41) is 13.9. The molecule has 23 heavy (non-hydrogen) atoms. The van der Waals surface area contributed by atoms with Gasteiger partial charge in [-0.05, 0) is 14.0 Å². The number of hydrogen-bond donors (Lipinski definition) is 2. The lowest BCUT2D eigenvalue weighted by Crippen LogP contribution is -2.53. The molecule has 1 aromatic heterocycles. The van der Waals surface area contributed by atoms with Crippen LogP contribution >= 0.6 is 0 Å². The molecule has 130 valence electrons. The number of carboxylic acid groups (broad SMARTS) is 1. The molecule has 1 fully saturated rings. The molecule has 0 aliphatic carbocycles. The number of aryl methyl sites for hydroxylation is 1. The van der Waals surface area contributed by atoms with Crippen LogP contribution in [0.4, 0.5) is 0 Å². The Kier molecular flexibility index (Phi) is 8.20. The van der Waals surface area contributed by atoms with Gasteiger partial charge in [0, 0.05) is 46.2 Å². The van der Waals surface area contributed by atoms with Gasteiger partial charge in [0.2, 0.25) is 5.91 Å². The van der Waals surface area contributed by atoms with Crippen LogP contribution in [0.2, 0.25) is 0 Å². The first-order chi connectivity index (χ1) is 11.0. The molecule has 0 aromatic carbocycles. The molecule has 1 aliphatic heterocycles. The molecule has 1 atom stereocenters. The molecular formula is C14H26N6O3. The van der Waals surface area contributed by atoms with Crippen molar-refractivity contribution in [3.63, 3.8) is 0 Å². The van der Waals surface area contributed by atoms with E-state index in [1.165, 1.54) is 6.33 Å². The third-order valence-electron chi connectivity index (χ3n) is 3.92. The van der Waals surface area contributed by atoms with Crippen LogP contribution in [0.25, 0.3) is 0 Å². The average Bonchev–Trinajstić information content (AvgIpc) is 2.93. The van der Waals surface area contributed by atoms with Crippen molar-refractivity contribution in [1.29, 1.82) is 0 Å². The number of likely N-dealkylation sites (N-methyl/N-ethyl adjacent to an activating group) is 1. The number of nitrogens with zero attached hydrogens (tertiary/aromatic N) is 5. The number of piperazine rings is 1. The summed E-state index contributed by atoms with van der Waals surface area (Å²) in [7, 11) is 3.97. The van der Waals surface area contributed by atoms with E-state index in [9.17, 15) is 4.79 Å². The fourth-order valence-electron chi connectivity index (χ4n) is 2.37. The summed E-state index contributed by atoms with van der Waals surface area (Å²) in [6.07, 6.45) is 2.24. The zero-order valence-corrected chi connectivity index (χ0v) is 14.0. The monoisotopic (exact) mass is 326 g/mol. The summed E-state index contributed by atoms with van der Waals surface area (Å²) in [6, 6.07) is -0.0665. The van der Waals surface area contributed by atoms with E-state index in [4.69, 9.17) is 9.90 Å². The van der Waals surface area contributed by atoms with E-state index >= 15 is 0 Å². The van der Waals surface area contributed by atoms with Crippen molar-refractivity contribution in [3.8, 4) is 0 Å². The Morgan fingerprint density at radius 3 is 2.52 bits per heavy atom. The van der Waals surface area contributed by atoms with Crippen LogP contribution in [0.15, 0.2) is 6.33 Å². The molecule has 1 saturated heterocycles. The maximum Gasteiger partial charge on any atom is 0.290 e. The molecule has 1 amide bonds. The summed E-state index contributed by atoms with van der Waals surface area (Å²) in [4.78, 5) is 29.2. The SMILES string of the molecule is CC(C(=O)NCCc1ncnn1C)N1CCN(C)CC1.O=CO. The van der Waals surface area contributed by atoms with Crippen LogP contribution in [0.1, 0.15) is 12.7 Å². The number of carbonyl (C=O) groups excluding carboxylic acids is 1. The predicted octanol–water partition coefficient (Wildman–Crippen LogP) is -1.19. The highest BCUT2D eigenvalue weighted by molar-refractivity contribution is 5.81. The van der Waals surface area contributed by atoms with Crippen LogP contribution in [-0.4, -0.2) is 87.9 Å². The van der Waals surface area contributed by atoms with Gasteiger partial charge in [-0.25, -0.2) is 4.98 Å². The molecule has 0 bridgehead atoms. The van der Waals surface area contributed by atoms with Crippen LogP contribution < -0.4 is 5.32 Å². The largest absolute Gasteiger partial charge is 0.483 e. The van der Waals surface area contributed by atoms with Crippen LogP contribution in [0.3, 0.4) is 0 Å². The average molecular weight is 326 g/mol. The van der Waals surface area contributed by atoms with Gasteiger partial charge in [0.05, 0.1) is 6.04 Å². The van der Waals surface area contributed by atoms with Gasteiger partial charge in [0.1, 0.15) is 12.2 Å². The van der Waals surface area contributed by atoms with Gasteiger partial charge in [-0.1, -0.05) is 0 Å². The molecule has 1 unspecified atom stereocenters. The highest BCUT2D eigenvalue weighted by Crippen LogP contribution is 2.05. The maximum absolute atomic E-state index is 12.1. The third kappa shape index (κ3) is 6.33. The molecule has 0 radical (unpaired) electrons. The summed E-state index contributed by atoms with van der Waals surface area (Å²) in [5.41, 5.74) is 0. The summed E-state index contributed by atoms with van der Waals surface area (Å²) in [5.74, 6) is 0.981. The van der Waals surface area contributed by atoms with Crippen LogP contribution in [-0.2, 0) is 23.1 Å². The second-order valence-corrected chi connectivity index (χ2v) is 5.46. The first-order valence-corrected chi connectivity index (χ1v) is 7.60. The number of amides is 1. The van der Waals surface area contributed by atoms with Gasteiger partial charge < -0.3 is 15.3 Å². The third-order valence-corrected chi connectivity index (χ3v) is 3.92. The first-order valence-electron chi connectivity index (χ1n) is 7.60. The van der Waals surface area contributed by atoms with Crippen molar-refractivity contribution >= 4 is 12.4 Å². The summed E-state index contributed by atoms with van der Waals surface area (Å²) >= 11 is 0. The lowest BCUT2D eigenvalue weighted by molar-refractivity contribution is -0.126. The lowest BCUT2D eigenvalue weighted by Gasteiger charge is -2.35. The number of aromatic nitrogens is 3. The highest BCUT2D eigenvalue weighted by atomic mass is 16.3. The maximum atomic E-state index is 12.1. The van der Waals surface area contributed by atoms with Crippen molar-refractivity contribution in [3.05, 3.63) is 12.2 Å². The van der Waals surface area contributed by atoms with Crippen molar-refractivity contribution < 1.29 is 14.7 Å². The smallest absolute Gasteiger partial charge is 0.290 e. The second kappa shape index (κ2) is 9.90. The molecule has 1 aliphatic rings. The van der Waals surface area contributed by atoms with Gasteiger partial charge in [0.25, 0.3) is 6.47 Å². The Labute approximate surface area is 136 Å². The first kappa shape index (κ1) is 19.0. The fraction of sp³-hybridized carbons (Fsp3) is 0.714. The minimum Gasteiger partial charge on any atom is -0.483 e. The second-order valence-electron chi connectivity index (χ2n) is 5.46. The van der Waals surface area contributed by atoms with E-state index in [1.54, 1.807) is 4.68 Å². The molecule has 9 nitrogen and oxygen atoms in total. The molecule has 9 heteroatoms. The van der Waals surface area contributed by atoms with E-state index in [0.29, 0.717) is 13.0 Å². The van der Waals surface area contributed by atoms with E-state index in [1.807, 2.05) is 14.0 Å². The van der Waals surface area contributed by atoms with Crippen LogP contribution in [0, 0.1) is 0 Å². The van der Waals surface area contributed by atoms with E-state index in [2.05, 4.69) is 32.2 Å². The summed E-state index contributed by atoms with van der Waals surface area (Å²) < 4.78 is 1.73. The molecule has 2 N–H and O–H groups in total. The standard InChI is InChI=1S/C13H24N6O.CH2O2/c1-11(19-8-6-17(2)7-9-19)13(20)14-5-4-12-15-10-16-18(12)3;2-1-3/h10-11H,4-9H2,1-3H3,(H,14,20);1H,(H,2,3). The van der Waals surface area contributed by atoms with Gasteiger partial charge in [0.15, 0.2) is 0 Å². The molecule has 2 rings (SSSR count). The zero-order valence-electron chi connectivity index (χ0n) is 14.0. The fourth-order valence-corrected chi connectivity index (χ4v) is 2.37. The number of carbonyl (C=O) groups is 2. The Morgan fingerprint density at radius 1 is 1.39 bits per heavy atom. The van der Waals surface area contributed by atoms with Crippen molar-refractivity contribution in [2.24, 2.45) is 7.05 Å². The Hall–Kier alpha value is -2.00. The van der Waals surface area contributed by atoms with Crippen molar-refractivity contribution in [2.75, 3.05) is 39.8 Å². The van der Waals surface area contributed by atoms with Gasteiger partial charge in [-0.3, -0.25) is 19.2 Å². The molecule has 1 aromatic rings. The van der Waals surface area contributed by atoms with Crippen LogP contribution in [0.5, 0.6) is 0 Å². The quantitative estimate of drug-likeness (QED) is 0.656. The predicted molar refractivity (Wildman–Crippen MR) is 84.9 cm³/mol. The highest BCUT2D eigenvalue weighted by Gasteiger charge is 2.23. The van der Waals surface area contributed by atoms with Gasteiger partial charge >= 0.3 is 0 Å². The molecule has 2 heterocycles. The normalized spacial score (nSPS) is 17.0. The number of nitrogens with one attached hydrogen (secondary N) is 1. The Bertz CT molecular complexity index is 485. The van der Waals surface area contributed by atoms with E-state index in [0.717, 1.165) is 32.0 Å². The van der Waals surface area contributed by atoms with Crippen molar-refractivity contribution in [1.82, 2.24) is 29.9 Å². The zero-order chi connectivity index (χ0) is 17.2. The molecule has 0 spiro atoms. The Balaban J connectivity index is 0.000000816. The van der Waals surface area contributed by atoms with E-state index in [-0.39, 0.29) is 18.4 Å². The number of hydrogen-bond acceptors (Lipinski definition) is 6. The van der Waals surface area contributed by atoms with Gasteiger partial charge in [-0.2, -0.15) is 5.10 Å². The van der Waals surface area contributed by atoms with Gasteiger partial charge in [-0.15, -0.1) is 0 Å². The minimum absolute atomic E-state index is 0.0665. The number of rotatable bonds is 5. The topological polar surface area (TPSA) is 104 Å². The summed E-state index contributed by atoms with van der Waals surface area (Å²) in [6.45, 7) is 6.28. The lowest BCUT2D eigenvalue weighted by atomic mass is 10.2. The minimum atomic E-state index is -0.250. The van der Waals surface area contributed by atoms with Crippen molar-refractivity contribution in [2.45, 2.75) is 19.4 Å². The molecular weight excluding hydrogens is 300 g/mol.